The molecule has 1 rings (SSSR count). The van der Waals surface area contributed by atoms with Gasteiger partial charge in [0.2, 0.25) is 0 Å². The Hall–Kier alpha value is -1.23. The van der Waals surface area contributed by atoms with Gasteiger partial charge in [-0.05, 0) is 25.1 Å². The summed E-state index contributed by atoms with van der Waals surface area (Å²) >= 11 is 0. The smallest absolute Gasteiger partial charge is 0.392 e. The number of aliphatic hydroxyl groups is 1. The SMILES string of the molecule is CC(O)CNc1cccc(C(F)(F)F)c1. The summed E-state index contributed by atoms with van der Waals surface area (Å²) in [6.45, 7) is 1.78. The summed E-state index contributed by atoms with van der Waals surface area (Å²) in [6.07, 6.45) is -4.93. The number of rotatable bonds is 3. The van der Waals surface area contributed by atoms with Crippen LogP contribution in [0.25, 0.3) is 0 Å². The number of hydrogen-bond acceptors (Lipinski definition) is 2. The first-order chi connectivity index (χ1) is 6.89. The van der Waals surface area contributed by atoms with Crippen LogP contribution in [-0.2, 0) is 6.18 Å². The average molecular weight is 219 g/mol. The second kappa shape index (κ2) is 4.53. The maximum Gasteiger partial charge on any atom is 0.416 e. The van der Waals surface area contributed by atoms with Crippen LogP contribution in [-0.4, -0.2) is 17.8 Å². The number of alkyl halides is 3. The standard InChI is InChI=1S/C10H12F3NO/c1-7(15)6-14-9-4-2-3-8(5-9)10(11,12)13/h2-5,7,14-15H,6H2,1H3. The third-order valence-corrected chi connectivity index (χ3v) is 1.79. The minimum absolute atomic E-state index is 0.224. The Balaban J connectivity index is 2.75. The Morgan fingerprint density at radius 3 is 2.60 bits per heavy atom. The van der Waals surface area contributed by atoms with Crippen LogP contribution in [0.1, 0.15) is 12.5 Å². The van der Waals surface area contributed by atoms with E-state index in [2.05, 4.69) is 5.32 Å². The Kier molecular flexibility index (Phi) is 3.57. The molecule has 2 N–H and O–H groups in total. The van der Waals surface area contributed by atoms with E-state index >= 15 is 0 Å². The molecule has 0 bridgehead atoms. The molecule has 0 radical (unpaired) electrons. The molecule has 1 unspecified atom stereocenters. The van der Waals surface area contributed by atoms with Crippen molar-refractivity contribution < 1.29 is 18.3 Å². The van der Waals surface area contributed by atoms with Gasteiger partial charge in [-0.25, -0.2) is 0 Å². The van der Waals surface area contributed by atoms with Crippen molar-refractivity contribution in [2.45, 2.75) is 19.2 Å². The van der Waals surface area contributed by atoms with Crippen molar-refractivity contribution in [3.05, 3.63) is 29.8 Å². The van der Waals surface area contributed by atoms with Crippen molar-refractivity contribution in [3.8, 4) is 0 Å². The van der Waals surface area contributed by atoms with Crippen LogP contribution >= 0.6 is 0 Å². The van der Waals surface area contributed by atoms with Gasteiger partial charge in [-0.1, -0.05) is 6.07 Å². The molecule has 0 saturated carbocycles. The molecule has 0 aliphatic rings. The first kappa shape index (κ1) is 11.8. The second-order valence-electron chi connectivity index (χ2n) is 3.31. The van der Waals surface area contributed by atoms with Crippen LogP contribution in [0.2, 0.25) is 0 Å². The zero-order valence-electron chi connectivity index (χ0n) is 8.17. The van der Waals surface area contributed by atoms with Crippen LogP contribution in [0.15, 0.2) is 24.3 Å². The van der Waals surface area contributed by atoms with Gasteiger partial charge >= 0.3 is 6.18 Å². The van der Waals surface area contributed by atoms with Crippen LogP contribution in [0, 0.1) is 0 Å². The molecule has 0 amide bonds. The summed E-state index contributed by atoms with van der Waals surface area (Å²) in [5.74, 6) is 0. The Morgan fingerprint density at radius 1 is 1.40 bits per heavy atom. The normalized spacial score (nSPS) is 13.7. The highest BCUT2D eigenvalue weighted by molar-refractivity contribution is 5.46. The quantitative estimate of drug-likeness (QED) is 0.818. The van der Waals surface area contributed by atoms with E-state index in [1.807, 2.05) is 0 Å². The van der Waals surface area contributed by atoms with Crippen molar-refractivity contribution >= 4 is 5.69 Å². The summed E-state index contributed by atoms with van der Waals surface area (Å²) in [7, 11) is 0. The van der Waals surface area contributed by atoms with Crippen molar-refractivity contribution in [1.29, 1.82) is 0 Å². The van der Waals surface area contributed by atoms with Crippen molar-refractivity contribution in [2.75, 3.05) is 11.9 Å². The highest BCUT2D eigenvalue weighted by Crippen LogP contribution is 2.30. The molecule has 1 atom stereocenters. The fraction of sp³-hybridized carbons (Fsp3) is 0.400. The average Bonchev–Trinajstić information content (AvgIpc) is 2.14. The molecule has 15 heavy (non-hydrogen) atoms. The van der Waals surface area contributed by atoms with Gasteiger partial charge in [0.05, 0.1) is 11.7 Å². The lowest BCUT2D eigenvalue weighted by molar-refractivity contribution is -0.137. The van der Waals surface area contributed by atoms with E-state index in [-0.39, 0.29) is 6.54 Å². The van der Waals surface area contributed by atoms with E-state index in [9.17, 15) is 13.2 Å². The lowest BCUT2D eigenvalue weighted by atomic mass is 10.2. The van der Waals surface area contributed by atoms with Crippen molar-refractivity contribution in [3.63, 3.8) is 0 Å². The van der Waals surface area contributed by atoms with E-state index < -0.39 is 17.8 Å². The first-order valence-electron chi connectivity index (χ1n) is 4.49. The van der Waals surface area contributed by atoms with Gasteiger partial charge in [-0.15, -0.1) is 0 Å². The molecule has 0 heterocycles. The summed E-state index contributed by atoms with van der Waals surface area (Å²) < 4.78 is 36.9. The highest BCUT2D eigenvalue weighted by Gasteiger charge is 2.30. The molecule has 0 fully saturated rings. The van der Waals surface area contributed by atoms with E-state index in [1.54, 1.807) is 6.92 Å². The monoisotopic (exact) mass is 219 g/mol. The maximum absolute atomic E-state index is 12.3. The van der Waals surface area contributed by atoms with E-state index in [4.69, 9.17) is 5.11 Å². The molecule has 1 aromatic rings. The summed E-state index contributed by atoms with van der Waals surface area (Å²) in [4.78, 5) is 0. The topological polar surface area (TPSA) is 32.3 Å². The summed E-state index contributed by atoms with van der Waals surface area (Å²) in [5, 5.41) is 11.7. The number of hydrogen-bond donors (Lipinski definition) is 2. The minimum Gasteiger partial charge on any atom is -0.392 e. The number of anilines is 1. The Morgan fingerprint density at radius 2 is 2.07 bits per heavy atom. The fourth-order valence-corrected chi connectivity index (χ4v) is 1.07. The highest BCUT2D eigenvalue weighted by atomic mass is 19.4. The molecule has 5 heteroatoms. The lowest BCUT2D eigenvalue weighted by Crippen LogP contribution is -2.15. The fourth-order valence-electron chi connectivity index (χ4n) is 1.07. The Bertz CT molecular complexity index is 323. The summed E-state index contributed by atoms with van der Waals surface area (Å²) in [6, 6.07) is 4.88. The molecule has 1 aromatic carbocycles. The first-order valence-corrected chi connectivity index (χ1v) is 4.49. The number of nitrogens with one attached hydrogen (secondary N) is 1. The van der Waals surface area contributed by atoms with Gasteiger partial charge in [0.1, 0.15) is 0 Å². The molecule has 0 spiro atoms. The van der Waals surface area contributed by atoms with Crippen LogP contribution < -0.4 is 5.32 Å². The molecule has 2 nitrogen and oxygen atoms in total. The van der Waals surface area contributed by atoms with Gasteiger partial charge in [-0.3, -0.25) is 0 Å². The second-order valence-corrected chi connectivity index (χ2v) is 3.31. The van der Waals surface area contributed by atoms with E-state index in [0.717, 1.165) is 12.1 Å². The van der Waals surface area contributed by atoms with Gasteiger partial charge < -0.3 is 10.4 Å². The van der Waals surface area contributed by atoms with Crippen molar-refractivity contribution in [2.24, 2.45) is 0 Å². The zero-order chi connectivity index (χ0) is 11.5. The number of aliphatic hydroxyl groups excluding tert-OH is 1. The lowest BCUT2D eigenvalue weighted by Gasteiger charge is -2.11. The minimum atomic E-state index is -4.33. The van der Waals surface area contributed by atoms with Crippen LogP contribution in [0.5, 0.6) is 0 Å². The van der Waals surface area contributed by atoms with Gasteiger partial charge in [0, 0.05) is 12.2 Å². The predicted octanol–water partition coefficient (Wildman–Crippen LogP) is 2.50. The molecule has 84 valence electrons. The predicted molar refractivity (Wildman–Crippen MR) is 51.6 cm³/mol. The van der Waals surface area contributed by atoms with Crippen LogP contribution in [0.3, 0.4) is 0 Å². The largest absolute Gasteiger partial charge is 0.416 e. The van der Waals surface area contributed by atoms with E-state index in [0.29, 0.717) is 5.69 Å². The van der Waals surface area contributed by atoms with Gasteiger partial charge in [0.15, 0.2) is 0 Å². The molecule has 0 aliphatic heterocycles. The number of benzene rings is 1. The maximum atomic E-state index is 12.3. The van der Waals surface area contributed by atoms with Crippen LogP contribution in [0.4, 0.5) is 18.9 Å². The van der Waals surface area contributed by atoms with E-state index in [1.165, 1.54) is 12.1 Å². The zero-order valence-corrected chi connectivity index (χ0v) is 8.17. The molecule has 0 aliphatic carbocycles. The molecular formula is C10H12F3NO. The number of halogens is 3. The third kappa shape index (κ3) is 3.79. The third-order valence-electron chi connectivity index (χ3n) is 1.79. The van der Waals surface area contributed by atoms with Crippen molar-refractivity contribution in [1.82, 2.24) is 0 Å². The van der Waals surface area contributed by atoms with Gasteiger partial charge in [-0.2, -0.15) is 13.2 Å². The van der Waals surface area contributed by atoms with Gasteiger partial charge in [0.25, 0.3) is 0 Å². The summed E-state index contributed by atoms with van der Waals surface area (Å²) in [5.41, 5.74) is -0.344. The molecular weight excluding hydrogens is 207 g/mol. The Labute approximate surface area is 85.7 Å². The molecule has 0 aromatic heterocycles. The molecule has 0 saturated heterocycles.